The number of carbonyl (C=O) groups is 1. The van der Waals surface area contributed by atoms with Crippen LogP contribution in [0.3, 0.4) is 0 Å². The van der Waals surface area contributed by atoms with Crippen LogP contribution in [0, 0.1) is 0 Å². The molecule has 1 aliphatic rings. The first-order valence-corrected chi connectivity index (χ1v) is 5.71. The zero-order valence-corrected chi connectivity index (χ0v) is 9.59. The molecular formula is C12H12F3NO2. The maximum absolute atomic E-state index is 12.2. The third-order valence-corrected chi connectivity index (χ3v) is 3.03. The maximum atomic E-state index is 12.2. The summed E-state index contributed by atoms with van der Waals surface area (Å²) in [7, 11) is 0. The van der Waals surface area contributed by atoms with Crippen molar-refractivity contribution in [3.05, 3.63) is 33.7 Å². The second-order valence-corrected chi connectivity index (χ2v) is 4.33. The third-order valence-electron chi connectivity index (χ3n) is 3.03. The number of Topliss-reactive ketones (excluding diaryl/α,β-unsaturated/α-hetero) is 1. The van der Waals surface area contributed by atoms with Gasteiger partial charge in [0.25, 0.3) is 5.56 Å². The van der Waals surface area contributed by atoms with Gasteiger partial charge in [-0.25, -0.2) is 0 Å². The van der Waals surface area contributed by atoms with Gasteiger partial charge in [0.2, 0.25) is 0 Å². The van der Waals surface area contributed by atoms with E-state index in [2.05, 4.69) is 0 Å². The molecule has 0 N–H and O–H groups in total. The Morgan fingerprint density at radius 1 is 1.17 bits per heavy atom. The Morgan fingerprint density at radius 3 is 2.56 bits per heavy atom. The second-order valence-electron chi connectivity index (χ2n) is 4.33. The molecule has 18 heavy (non-hydrogen) atoms. The minimum Gasteiger partial charge on any atom is -0.312 e. The van der Waals surface area contributed by atoms with E-state index < -0.39 is 24.7 Å². The summed E-state index contributed by atoms with van der Waals surface area (Å²) in [5.74, 6) is -0.1000. The molecule has 0 radical (unpaired) electrons. The fraction of sp³-hybridized carbons (Fsp3) is 0.500. The Bertz CT molecular complexity index is 531. The lowest BCUT2D eigenvalue weighted by Crippen LogP contribution is -2.29. The van der Waals surface area contributed by atoms with Crippen LogP contribution in [-0.4, -0.2) is 16.5 Å². The summed E-state index contributed by atoms with van der Waals surface area (Å²) in [6.45, 7) is -0.418. The molecule has 1 heterocycles. The van der Waals surface area contributed by atoms with Crippen LogP contribution in [0.5, 0.6) is 0 Å². The summed E-state index contributed by atoms with van der Waals surface area (Å²) < 4.78 is 37.7. The fourth-order valence-electron chi connectivity index (χ4n) is 2.18. The first-order valence-electron chi connectivity index (χ1n) is 5.71. The quantitative estimate of drug-likeness (QED) is 0.817. The van der Waals surface area contributed by atoms with E-state index in [0.717, 1.165) is 4.57 Å². The third kappa shape index (κ3) is 2.63. The summed E-state index contributed by atoms with van der Waals surface area (Å²) in [4.78, 5) is 23.2. The number of alkyl halides is 3. The molecule has 0 aliphatic heterocycles. The average Bonchev–Trinajstić information content (AvgIpc) is 2.26. The predicted octanol–water partition coefficient (Wildman–Crippen LogP) is 2.32. The zero-order valence-electron chi connectivity index (χ0n) is 9.59. The van der Waals surface area contributed by atoms with E-state index in [4.69, 9.17) is 0 Å². The van der Waals surface area contributed by atoms with Gasteiger partial charge in [-0.05, 0) is 18.9 Å². The van der Waals surface area contributed by atoms with Gasteiger partial charge >= 0.3 is 6.18 Å². The van der Waals surface area contributed by atoms with E-state index in [1.807, 2.05) is 0 Å². The van der Waals surface area contributed by atoms with Gasteiger partial charge in [0.15, 0.2) is 5.78 Å². The Labute approximate surface area is 101 Å². The molecule has 1 aromatic heterocycles. The van der Waals surface area contributed by atoms with Crippen LogP contribution in [0.15, 0.2) is 16.9 Å². The number of rotatable bonds is 2. The van der Waals surface area contributed by atoms with Crippen LogP contribution in [0.4, 0.5) is 13.2 Å². The number of hydrogen-bond donors (Lipinski definition) is 0. The lowest BCUT2D eigenvalue weighted by Gasteiger charge is -2.20. The lowest BCUT2D eigenvalue weighted by molar-refractivity contribution is -0.136. The van der Waals surface area contributed by atoms with Crippen molar-refractivity contribution in [2.45, 2.75) is 38.4 Å². The van der Waals surface area contributed by atoms with Gasteiger partial charge in [-0.1, -0.05) is 0 Å². The lowest BCUT2D eigenvalue weighted by atomic mass is 9.94. The van der Waals surface area contributed by atoms with E-state index in [1.54, 1.807) is 0 Å². The minimum atomic E-state index is -4.30. The Hall–Kier alpha value is -1.59. The van der Waals surface area contributed by atoms with Crippen LogP contribution < -0.4 is 5.56 Å². The fourth-order valence-corrected chi connectivity index (χ4v) is 2.18. The smallest absolute Gasteiger partial charge is 0.312 e. The highest BCUT2D eigenvalue weighted by atomic mass is 19.4. The largest absolute Gasteiger partial charge is 0.390 e. The number of fused-ring (bicyclic) bond motifs is 1. The van der Waals surface area contributed by atoms with Gasteiger partial charge in [0.05, 0.1) is 6.42 Å². The molecule has 1 aromatic rings. The van der Waals surface area contributed by atoms with Crippen LogP contribution in [0.25, 0.3) is 0 Å². The van der Waals surface area contributed by atoms with Crippen molar-refractivity contribution in [3.63, 3.8) is 0 Å². The van der Waals surface area contributed by atoms with Crippen molar-refractivity contribution in [1.82, 2.24) is 4.57 Å². The summed E-state index contributed by atoms with van der Waals surface area (Å²) >= 11 is 0. The van der Waals surface area contributed by atoms with E-state index in [9.17, 15) is 22.8 Å². The number of pyridine rings is 1. The summed E-state index contributed by atoms with van der Waals surface area (Å²) in [6, 6.07) is 2.58. The van der Waals surface area contributed by atoms with Crippen molar-refractivity contribution in [3.8, 4) is 0 Å². The molecule has 0 fully saturated rings. The molecule has 0 saturated heterocycles. The van der Waals surface area contributed by atoms with Crippen molar-refractivity contribution in [1.29, 1.82) is 0 Å². The topological polar surface area (TPSA) is 39.1 Å². The van der Waals surface area contributed by atoms with Crippen molar-refractivity contribution < 1.29 is 18.0 Å². The van der Waals surface area contributed by atoms with Crippen molar-refractivity contribution in [2.75, 3.05) is 0 Å². The molecule has 0 aromatic carbocycles. The molecule has 3 nitrogen and oxygen atoms in total. The molecule has 0 saturated carbocycles. The Balaban J connectivity index is 2.37. The number of hydrogen-bond acceptors (Lipinski definition) is 2. The molecule has 98 valence electrons. The number of nitrogens with zero attached hydrogens (tertiary/aromatic N) is 1. The summed E-state index contributed by atoms with van der Waals surface area (Å²) in [6.07, 6.45) is -3.90. The van der Waals surface area contributed by atoms with Crippen LogP contribution in [0.2, 0.25) is 0 Å². The molecule has 2 rings (SSSR count). The highest BCUT2D eigenvalue weighted by Crippen LogP contribution is 2.23. The molecule has 0 bridgehead atoms. The monoisotopic (exact) mass is 259 g/mol. The molecule has 0 atom stereocenters. The first kappa shape index (κ1) is 12.9. The molecule has 0 amide bonds. The van der Waals surface area contributed by atoms with Gasteiger partial charge in [0.1, 0.15) is 0 Å². The van der Waals surface area contributed by atoms with Crippen LogP contribution >= 0.6 is 0 Å². The number of halogens is 3. The van der Waals surface area contributed by atoms with Crippen molar-refractivity contribution in [2.24, 2.45) is 0 Å². The molecular weight excluding hydrogens is 247 g/mol. The molecule has 0 unspecified atom stereocenters. The zero-order chi connectivity index (χ0) is 13.3. The van der Waals surface area contributed by atoms with E-state index >= 15 is 0 Å². The van der Waals surface area contributed by atoms with E-state index in [0.29, 0.717) is 30.5 Å². The SMILES string of the molecule is O=C1CCCc2c1ccc(=O)n2CCC(F)(F)F. The summed E-state index contributed by atoms with van der Waals surface area (Å²) in [5, 5.41) is 0. The van der Waals surface area contributed by atoms with Crippen molar-refractivity contribution >= 4 is 5.78 Å². The summed E-state index contributed by atoms with van der Waals surface area (Å²) in [5.41, 5.74) is 0.360. The normalized spacial score (nSPS) is 15.6. The standard InChI is InChI=1S/C12H12F3NO2/c13-12(14,15)6-7-16-9-2-1-3-10(17)8(9)4-5-11(16)18/h4-5H,1-3,6-7H2. The number of carbonyl (C=O) groups excluding carboxylic acids is 1. The van der Waals surface area contributed by atoms with Gasteiger partial charge < -0.3 is 4.57 Å². The average molecular weight is 259 g/mol. The van der Waals surface area contributed by atoms with E-state index in [1.165, 1.54) is 12.1 Å². The van der Waals surface area contributed by atoms with Gasteiger partial charge in [-0.15, -0.1) is 0 Å². The molecule has 6 heteroatoms. The molecule has 1 aliphatic carbocycles. The maximum Gasteiger partial charge on any atom is 0.390 e. The van der Waals surface area contributed by atoms with Gasteiger partial charge in [-0.2, -0.15) is 13.2 Å². The Kier molecular flexibility index (Phi) is 3.28. The Morgan fingerprint density at radius 2 is 1.89 bits per heavy atom. The predicted molar refractivity (Wildman–Crippen MR) is 58.6 cm³/mol. The minimum absolute atomic E-state index is 0.1000. The highest BCUT2D eigenvalue weighted by molar-refractivity contribution is 5.97. The van der Waals surface area contributed by atoms with E-state index in [-0.39, 0.29) is 5.78 Å². The first-order chi connectivity index (χ1) is 8.38. The van der Waals surface area contributed by atoms with Gasteiger partial charge in [-0.3, -0.25) is 9.59 Å². The number of aromatic nitrogens is 1. The second kappa shape index (κ2) is 4.59. The van der Waals surface area contributed by atoms with Crippen LogP contribution in [-0.2, 0) is 13.0 Å². The van der Waals surface area contributed by atoms with Gasteiger partial charge in [0, 0.05) is 30.3 Å². The highest BCUT2D eigenvalue weighted by Gasteiger charge is 2.28. The molecule has 0 spiro atoms. The van der Waals surface area contributed by atoms with Crippen LogP contribution in [0.1, 0.15) is 35.3 Å². The number of ketones is 1.